The van der Waals surface area contributed by atoms with Gasteiger partial charge in [-0.3, -0.25) is 0 Å². The summed E-state index contributed by atoms with van der Waals surface area (Å²) in [5.74, 6) is 1.84. The van der Waals surface area contributed by atoms with Crippen molar-refractivity contribution >= 4 is 41.4 Å². The van der Waals surface area contributed by atoms with Crippen molar-refractivity contribution in [3.8, 4) is 34.5 Å². The van der Waals surface area contributed by atoms with E-state index in [0.717, 1.165) is 5.56 Å². The molecule has 0 aliphatic heterocycles. The standard InChI is InChI=1S/C45H35ClO10S3.Na/c1-45(2,31-8-13-35(14-9-31)55-37-17-25-40(26-18-37)57(47,48)39-21-11-33(46)12-22-39)32-10-29-43(44(30-32)59(51,52)53)56-38-19-27-42(28-20-38)58(49,50)41-23-15-36(16-24-41)54-34-6-4-3-5-7-34;/h3-30H,1-2H3,(H,51,52,53);/q;+1/p-1. The van der Waals surface area contributed by atoms with Crippen LogP contribution in [0.2, 0.25) is 5.02 Å². The summed E-state index contributed by atoms with van der Waals surface area (Å²) in [7, 11) is -12.7. The van der Waals surface area contributed by atoms with Gasteiger partial charge in [0.15, 0.2) is 0 Å². The Hall–Kier alpha value is -4.96. The first kappa shape index (κ1) is 44.6. The molecule has 0 fully saturated rings. The first-order valence-electron chi connectivity index (χ1n) is 17.9. The van der Waals surface area contributed by atoms with Crippen LogP contribution in [-0.2, 0) is 35.2 Å². The van der Waals surface area contributed by atoms with Crippen LogP contribution in [0.25, 0.3) is 0 Å². The summed E-state index contributed by atoms with van der Waals surface area (Å²) in [4.78, 5) is -0.352. The summed E-state index contributed by atoms with van der Waals surface area (Å²) < 4.78 is 108. The van der Waals surface area contributed by atoms with Crippen molar-refractivity contribution in [1.29, 1.82) is 0 Å². The van der Waals surface area contributed by atoms with Crippen molar-refractivity contribution in [1.82, 2.24) is 0 Å². The largest absolute Gasteiger partial charge is 1.00 e. The van der Waals surface area contributed by atoms with Gasteiger partial charge in [0.2, 0.25) is 19.7 Å². The maximum absolute atomic E-state index is 13.4. The second-order valence-corrected chi connectivity index (χ2v) is 19.4. The van der Waals surface area contributed by atoms with Crippen LogP contribution in [0.5, 0.6) is 34.5 Å². The van der Waals surface area contributed by atoms with Crippen molar-refractivity contribution in [2.75, 3.05) is 0 Å². The molecule has 0 unspecified atom stereocenters. The Morgan fingerprint density at radius 1 is 0.450 bits per heavy atom. The van der Waals surface area contributed by atoms with Gasteiger partial charge in [-0.1, -0.05) is 61.8 Å². The van der Waals surface area contributed by atoms with Crippen LogP contribution in [0.1, 0.15) is 25.0 Å². The van der Waals surface area contributed by atoms with Gasteiger partial charge in [-0.15, -0.1) is 0 Å². The third-order valence-electron chi connectivity index (χ3n) is 9.48. The number of hydrogen-bond acceptors (Lipinski definition) is 10. The first-order valence-corrected chi connectivity index (χ1v) is 22.6. The average molecular weight is 889 g/mol. The molecule has 7 aromatic rings. The van der Waals surface area contributed by atoms with Crippen molar-refractivity contribution in [3.63, 3.8) is 0 Å². The molecule has 0 radical (unpaired) electrons. The summed E-state index contributed by atoms with van der Waals surface area (Å²) in [5.41, 5.74) is 0.482. The van der Waals surface area contributed by atoms with E-state index in [1.807, 2.05) is 32.0 Å². The fourth-order valence-corrected chi connectivity index (χ4v) is 9.39. The molecular weight excluding hydrogens is 855 g/mol. The van der Waals surface area contributed by atoms with Gasteiger partial charge in [0.05, 0.1) is 24.5 Å². The van der Waals surface area contributed by atoms with Gasteiger partial charge < -0.3 is 18.8 Å². The maximum Gasteiger partial charge on any atom is 1.00 e. The number of para-hydroxylation sites is 1. The van der Waals surface area contributed by atoms with E-state index in [2.05, 4.69) is 0 Å². The molecule has 0 saturated heterocycles. The van der Waals surface area contributed by atoms with E-state index in [4.69, 9.17) is 25.8 Å². The van der Waals surface area contributed by atoms with Crippen LogP contribution in [0, 0.1) is 0 Å². The molecule has 0 spiro atoms. The molecular formula is C45H34ClNaO10S3. The summed E-state index contributed by atoms with van der Waals surface area (Å²) in [6, 6.07) is 43.7. The third-order valence-corrected chi connectivity index (χ3v) is 14.2. The number of hydrogen-bond donors (Lipinski definition) is 0. The Balaban J connectivity index is 0.00000604. The van der Waals surface area contributed by atoms with E-state index < -0.39 is 40.1 Å². The van der Waals surface area contributed by atoms with Gasteiger partial charge in [-0.05, 0) is 145 Å². The number of halogens is 1. The molecule has 0 N–H and O–H groups in total. The average Bonchev–Trinajstić information content (AvgIpc) is 3.22. The minimum atomic E-state index is -5.03. The number of rotatable bonds is 13. The quantitative estimate of drug-likeness (QED) is 0.0835. The number of sulfone groups is 2. The van der Waals surface area contributed by atoms with E-state index >= 15 is 0 Å². The van der Waals surface area contributed by atoms with Gasteiger partial charge in [-0.25, -0.2) is 25.3 Å². The smallest absolute Gasteiger partial charge is 0.744 e. The van der Waals surface area contributed by atoms with Crippen LogP contribution in [0.15, 0.2) is 194 Å². The van der Waals surface area contributed by atoms with Crippen molar-refractivity contribution in [3.05, 3.63) is 186 Å². The molecule has 10 nitrogen and oxygen atoms in total. The molecule has 0 heterocycles. The molecule has 60 heavy (non-hydrogen) atoms. The summed E-state index contributed by atoms with van der Waals surface area (Å²) >= 11 is 5.90. The van der Waals surface area contributed by atoms with E-state index in [1.54, 1.807) is 66.7 Å². The van der Waals surface area contributed by atoms with Crippen molar-refractivity contribution < 1.29 is 73.6 Å². The second-order valence-electron chi connectivity index (χ2n) is 13.8. The SMILES string of the molecule is CC(C)(c1ccc(Oc2ccc(S(=O)(=O)c3ccc(Cl)cc3)cc2)cc1)c1ccc(Oc2ccc(S(=O)(=O)c3ccc(Oc4ccccc4)cc3)cc2)c(S(=O)(=O)[O-])c1.[Na+]. The molecule has 0 aromatic heterocycles. The Morgan fingerprint density at radius 3 is 1.22 bits per heavy atom. The predicted molar refractivity (Wildman–Crippen MR) is 221 cm³/mol. The van der Waals surface area contributed by atoms with E-state index in [-0.39, 0.29) is 60.6 Å². The zero-order valence-electron chi connectivity index (χ0n) is 32.4. The third kappa shape index (κ3) is 9.97. The second kappa shape index (κ2) is 17.9. The molecule has 15 heteroatoms. The van der Waals surface area contributed by atoms with Crippen LogP contribution in [-0.4, -0.2) is 29.8 Å². The number of benzene rings is 7. The fourth-order valence-electron chi connectivity index (χ4n) is 6.12. The zero-order valence-corrected chi connectivity index (χ0v) is 37.6. The van der Waals surface area contributed by atoms with Gasteiger partial charge in [0.25, 0.3) is 0 Å². The molecule has 0 aliphatic rings. The summed E-state index contributed by atoms with van der Waals surface area (Å²) in [6.45, 7) is 3.73. The zero-order chi connectivity index (χ0) is 42.0. The Morgan fingerprint density at radius 2 is 0.800 bits per heavy atom. The van der Waals surface area contributed by atoms with Crippen molar-refractivity contribution in [2.24, 2.45) is 0 Å². The van der Waals surface area contributed by atoms with Crippen LogP contribution < -0.4 is 43.8 Å². The molecule has 0 amide bonds. The minimum absolute atomic E-state index is 0. The predicted octanol–water partition coefficient (Wildman–Crippen LogP) is 7.62. The normalized spacial score (nSPS) is 11.9. The molecule has 7 aromatic carbocycles. The monoisotopic (exact) mass is 888 g/mol. The molecule has 0 bridgehead atoms. The van der Waals surface area contributed by atoms with Gasteiger partial charge >= 0.3 is 29.6 Å². The van der Waals surface area contributed by atoms with Gasteiger partial charge in [0, 0.05) is 10.4 Å². The number of ether oxygens (including phenoxy) is 3. The maximum atomic E-state index is 13.4. The van der Waals surface area contributed by atoms with Gasteiger partial charge in [-0.2, -0.15) is 0 Å². The molecule has 300 valence electrons. The summed E-state index contributed by atoms with van der Waals surface area (Å²) in [5, 5.41) is 0.428. The molecule has 0 atom stereocenters. The Labute approximate surface area is 376 Å². The Bertz CT molecular complexity index is 2950. The van der Waals surface area contributed by atoms with Crippen LogP contribution in [0.4, 0.5) is 0 Å². The van der Waals surface area contributed by atoms with Crippen LogP contribution >= 0.6 is 11.6 Å². The topological polar surface area (TPSA) is 153 Å². The van der Waals surface area contributed by atoms with Crippen LogP contribution in [0.3, 0.4) is 0 Å². The van der Waals surface area contributed by atoms with E-state index in [9.17, 15) is 29.8 Å². The fraction of sp³-hybridized carbons (Fsp3) is 0.0667. The minimum Gasteiger partial charge on any atom is -0.744 e. The Kier molecular flexibility index (Phi) is 13.3. The van der Waals surface area contributed by atoms with Crippen molar-refractivity contribution in [2.45, 2.75) is 43.7 Å². The molecule has 0 aliphatic carbocycles. The molecule has 7 rings (SSSR count). The summed E-state index contributed by atoms with van der Waals surface area (Å²) in [6.07, 6.45) is 0. The van der Waals surface area contributed by atoms with Gasteiger partial charge in [0.1, 0.15) is 44.6 Å². The first-order chi connectivity index (χ1) is 28.0. The van der Waals surface area contributed by atoms with E-state index in [0.29, 0.717) is 33.6 Å². The molecule has 0 saturated carbocycles. The van der Waals surface area contributed by atoms with E-state index in [1.165, 1.54) is 84.9 Å².